The molecule has 0 unspecified atom stereocenters. The van der Waals surface area contributed by atoms with E-state index >= 15 is 0 Å². The zero-order valence-corrected chi connectivity index (χ0v) is 13.4. The first-order valence-electron chi connectivity index (χ1n) is 6.64. The third-order valence-corrected chi connectivity index (χ3v) is 4.04. The number of benzene rings is 1. The number of ether oxygens (including phenoxy) is 2. The van der Waals surface area contributed by atoms with Crippen LogP contribution in [0.15, 0.2) is 28.3 Å². The van der Waals surface area contributed by atoms with Gasteiger partial charge in [0.25, 0.3) is 5.82 Å². The smallest absolute Gasteiger partial charge is 0.453 e. The van der Waals surface area contributed by atoms with Gasteiger partial charge in [0.1, 0.15) is 5.84 Å². The molecule has 0 saturated carbocycles. The second-order valence-corrected chi connectivity index (χ2v) is 5.58. The van der Waals surface area contributed by atoms with Gasteiger partial charge in [-0.15, -0.1) is 10.2 Å². The normalized spacial score (nSPS) is 15.8. The van der Waals surface area contributed by atoms with E-state index in [2.05, 4.69) is 20.6 Å². The minimum Gasteiger partial charge on any atom is -0.493 e. The van der Waals surface area contributed by atoms with E-state index in [4.69, 9.17) is 9.47 Å². The number of amidine groups is 1. The molecule has 0 amide bonds. The molecule has 128 valence electrons. The molecule has 0 aliphatic carbocycles. The van der Waals surface area contributed by atoms with Crippen LogP contribution in [0.5, 0.6) is 11.5 Å². The Balaban J connectivity index is 1.90. The Hall–Kier alpha value is -2.43. The Kier molecular flexibility index (Phi) is 4.26. The first-order valence-corrected chi connectivity index (χ1v) is 7.63. The molecular weight excluding hydrogens is 347 g/mol. The minimum atomic E-state index is -4.61. The molecular formula is C13H12F3N5O2S. The van der Waals surface area contributed by atoms with E-state index < -0.39 is 12.0 Å². The molecule has 1 aromatic heterocycles. The van der Waals surface area contributed by atoms with Gasteiger partial charge in [-0.1, -0.05) is 11.8 Å². The lowest BCUT2D eigenvalue weighted by Crippen LogP contribution is -2.33. The number of fused-ring (bicyclic) bond motifs is 1. The van der Waals surface area contributed by atoms with E-state index in [1.807, 2.05) is 0 Å². The number of methoxy groups -OCH3 is 2. The molecule has 11 heteroatoms. The summed E-state index contributed by atoms with van der Waals surface area (Å²) in [6.45, 7) is 0. The summed E-state index contributed by atoms with van der Waals surface area (Å²) in [5.41, 5.74) is 3.11. The lowest BCUT2D eigenvalue weighted by atomic mass is 10.3. The highest BCUT2D eigenvalue weighted by molar-refractivity contribution is 7.99. The van der Waals surface area contributed by atoms with Gasteiger partial charge >= 0.3 is 6.18 Å². The van der Waals surface area contributed by atoms with Crippen molar-refractivity contribution < 1.29 is 22.6 Å². The molecule has 2 heterocycles. The monoisotopic (exact) mass is 359 g/mol. The molecule has 3 rings (SSSR count). The Bertz CT molecular complexity index is 790. The fourth-order valence-corrected chi connectivity index (χ4v) is 2.80. The molecule has 0 bridgehead atoms. The molecule has 1 aromatic carbocycles. The predicted molar refractivity (Wildman–Crippen MR) is 81.7 cm³/mol. The maximum atomic E-state index is 12.9. The van der Waals surface area contributed by atoms with Crippen LogP contribution in [0.1, 0.15) is 5.82 Å². The third-order valence-electron chi connectivity index (χ3n) is 3.10. The molecule has 0 fully saturated rings. The predicted octanol–water partition coefficient (Wildman–Crippen LogP) is 2.69. The minimum absolute atomic E-state index is 0.133. The number of nitrogens with one attached hydrogen (secondary N) is 1. The molecule has 1 aliphatic heterocycles. The van der Waals surface area contributed by atoms with Crippen LogP contribution in [0.4, 0.5) is 18.9 Å². The average molecular weight is 359 g/mol. The first-order chi connectivity index (χ1) is 11.4. The van der Waals surface area contributed by atoms with Crippen LogP contribution in [0.3, 0.4) is 0 Å². The zero-order chi connectivity index (χ0) is 17.3. The number of hydrogen-bond acceptors (Lipinski definition) is 6. The second kappa shape index (κ2) is 6.23. The fraction of sp³-hybridized carbons (Fsp3) is 0.308. The topological polar surface area (TPSA) is 73.6 Å². The van der Waals surface area contributed by atoms with E-state index in [0.717, 1.165) is 16.4 Å². The summed E-state index contributed by atoms with van der Waals surface area (Å²) in [5, 5.41) is 6.82. The number of hydrogen-bond donors (Lipinski definition) is 1. The van der Waals surface area contributed by atoms with Crippen molar-refractivity contribution in [2.45, 2.75) is 11.3 Å². The highest BCUT2D eigenvalue weighted by Gasteiger charge is 2.40. The van der Waals surface area contributed by atoms with Gasteiger partial charge in [0.05, 0.1) is 25.7 Å². The van der Waals surface area contributed by atoms with Crippen LogP contribution in [-0.4, -0.2) is 40.7 Å². The van der Waals surface area contributed by atoms with Crippen molar-refractivity contribution in [1.29, 1.82) is 0 Å². The Morgan fingerprint density at radius 1 is 1.21 bits per heavy atom. The standard InChI is InChI=1S/C13H12F3N5O2S/c1-22-8-4-3-7(5-9(8)23-2)17-10-6-24-12-19-18-11(13(14,15)16)21(12)20-10/h3-5H,6H2,1-2H3,(H,17,20). The van der Waals surface area contributed by atoms with Crippen molar-refractivity contribution in [3.8, 4) is 11.5 Å². The summed E-state index contributed by atoms with van der Waals surface area (Å²) in [6.07, 6.45) is -4.61. The SMILES string of the molecule is COc1ccc(N=C2CSc3nnc(C(F)(F)F)n3N2)cc1OC. The van der Waals surface area contributed by atoms with E-state index in [9.17, 15) is 13.2 Å². The molecule has 1 N–H and O–H groups in total. The van der Waals surface area contributed by atoms with Crippen molar-refractivity contribution in [3.63, 3.8) is 0 Å². The van der Waals surface area contributed by atoms with E-state index in [0.29, 0.717) is 28.8 Å². The summed E-state index contributed by atoms with van der Waals surface area (Å²) >= 11 is 1.11. The van der Waals surface area contributed by atoms with E-state index in [-0.39, 0.29) is 5.16 Å². The highest BCUT2D eigenvalue weighted by Crippen LogP contribution is 2.33. The maximum Gasteiger partial charge on any atom is 0.453 e. The van der Waals surface area contributed by atoms with Gasteiger partial charge in [0.2, 0.25) is 5.16 Å². The molecule has 0 atom stereocenters. The Labute approximate surface area is 138 Å². The number of halogens is 3. The summed E-state index contributed by atoms with van der Waals surface area (Å²) in [5.74, 6) is 0.566. The molecule has 0 saturated heterocycles. The molecule has 0 radical (unpaired) electrons. The van der Waals surface area contributed by atoms with Crippen molar-refractivity contribution >= 4 is 23.3 Å². The summed E-state index contributed by atoms with van der Waals surface area (Å²) < 4.78 is 49.8. The largest absolute Gasteiger partial charge is 0.493 e. The molecule has 1 aliphatic rings. The summed E-state index contributed by atoms with van der Waals surface area (Å²) in [7, 11) is 3.00. The Morgan fingerprint density at radius 3 is 2.62 bits per heavy atom. The van der Waals surface area contributed by atoms with Gasteiger partial charge in [-0.05, 0) is 12.1 Å². The average Bonchev–Trinajstić information content (AvgIpc) is 2.98. The van der Waals surface area contributed by atoms with Crippen molar-refractivity contribution in [2.75, 3.05) is 25.4 Å². The van der Waals surface area contributed by atoms with Gasteiger partial charge in [0, 0.05) is 6.07 Å². The molecule has 2 aromatic rings. The van der Waals surface area contributed by atoms with E-state index in [1.165, 1.54) is 14.2 Å². The lowest BCUT2D eigenvalue weighted by Gasteiger charge is -2.19. The van der Waals surface area contributed by atoms with Crippen molar-refractivity contribution in [1.82, 2.24) is 14.9 Å². The summed E-state index contributed by atoms with van der Waals surface area (Å²) in [6, 6.07) is 4.97. The van der Waals surface area contributed by atoms with Gasteiger partial charge in [-0.3, -0.25) is 5.43 Å². The number of rotatable bonds is 3. The lowest BCUT2D eigenvalue weighted by molar-refractivity contribution is -0.146. The number of aliphatic imine (C=N–C) groups is 1. The zero-order valence-electron chi connectivity index (χ0n) is 12.6. The second-order valence-electron chi connectivity index (χ2n) is 4.64. The summed E-state index contributed by atoms with van der Waals surface area (Å²) in [4.78, 5) is 4.31. The van der Waals surface area contributed by atoms with Crippen LogP contribution in [-0.2, 0) is 6.18 Å². The van der Waals surface area contributed by atoms with Crippen LogP contribution < -0.4 is 14.9 Å². The van der Waals surface area contributed by atoms with Crippen LogP contribution >= 0.6 is 11.8 Å². The maximum absolute atomic E-state index is 12.9. The number of aromatic nitrogens is 3. The molecule has 7 nitrogen and oxygen atoms in total. The van der Waals surface area contributed by atoms with Crippen molar-refractivity contribution in [3.05, 3.63) is 24.0 Å². The number of nitrogens with zero attached hydrogens (tertiary/aromatic N) is 4. The van der Waals surface area contributed by atoms with Gasteiger partial charge in [0.15, 0.2) is 11.5 Å². The van der Waals surface area contributed by atoms with Gasteiger partial charge < -0.3 is 9.47 Å². The van der Waals surface area contributed by atoms with Gasteiger partial charge in [-0.25, -0.2) is 9.67 Å². The fourth-order valence-electron chi connectivity index (χ4n) is 2.05. The molecule has 24 heavy (non-hydrogen) atoms. The highest BCUT2D eigenvalue weighted by atomic mass is 32.2. The van der Waals surface area contributed by atoms with Crippen LogP contribution in [0.2, 0.25) is 0 Å². The van der Waals surface area contributed by atoms with E-state index in [1.54, 1.807) is 18.2 Å². The van der Waals surface area contributed by atoms with Crippen molar-refractivity contribution in [2.24, 2.45) is 4.99 Å². The quantitative estimate of drug-likeness (QED) is 0.908. The van der Waals surface area contributed by atoms with Gasteiger partial charge in [-0.2, -0.15) is 13.2 Å². The molecule has 0 spiro atoms. The number of alkyl halides is 3. The first kappa shape index (κ1) is 16.4. The third kappa shape index (κ3) is 3.11. The van der Waals surface area contributed by atoms with Crippen LogP contribution in [0.25, 0.3) is 0 Å². The Morgan fingerprint density at radius 2 is 1.96 bits per heavy atom. The van der Waals surface area contributed by atoms with Crippen LogP contribution in [0, 0.1) is 0 Å². The number of thioether (sulfide) groups is 1.